The summed E-state index contributed by atoms with van der Waals surface area (Å²) in [6.45, 7) is 2.69. The van der Waals surface area contributed by atoms with Crippen molar-refractivity contribution in [1.82, 2.24) is 15.1 Å². The Hall–Kier alpha value is -1.07. The van der Waals surface area contributed by atoms with Gasteiger partial charge in [-0.25, -0.2) is 0 Å². The molecule has 0 bridgehead atoms. The van der Waals surface area contributed by atoms with Crippen LogP contribution >= 0.6 is 0 Å². The first kappa shape index (κ1) is 8.52. The average Bonchev–Trinajstić information content (AvgIpc) is 2.46. The van der Waals surface area contributed by atoms with Crippen LogP contribution in [0.3, 0.4) is 0 Å². The third-order valence-corrected chi connectivity index (χ3v) is 2.34. The molecule has 0 atom stereocenters. The highest BCUT2D eigenvalue weighted by atomic mass is 16.1. The molecule has 4 N–H and O–H groups in total. The predicted octanol–water partition coefficient (Wildman–Crippen LogP) is -1.22. The lowest BCUT2D eigenvalue weighted by molar-refractivity contribution is 0.594. The van der Waals surface area contributed by atoms with Crippen LogP contribution in [0.5, 0.6) is 0 Å². The molecule has 0 saturated carbocycles. The lowest BCUT2D eigenvalue weighted by Gasteiger charge is -2.09. The Kier molecular flexibility index (Phi) is 2.20. The van der Waals surface area contributed by atoms with Gasteiger partial charge in [0.2, 0.25) is 0 Å². The quantitative estimate of drug-likeness (QED) is 0.536. The van der Waals surface area contributed by atoms with E-state index in [9.17, 15) is 4.79 Å². The van der Waals surface area contributed by atoms with Crippen LogP contribution in [-0.4, -0.2) is 22.9 Å². The van der Waals surface area contributed by atoms with Crippen LogP contribution in [-0.2, 0) is 19.5 Å². The van der Waals surface area contributed by atoms with Crippen molar-refractivity contribution in [2.24, 2.45) is 5.73 Å². The maximum atomic E-state index is 11.6. The Balaban J connectivity index is 2.39. The third kappa shape index (κ3) is 1.40. The van der Waals surface area contributed by atoms with Crippen LogP contribution in [0.1, 0.15) is 11.3 Å². The van der Waals surface area contributed by atoms with Gasteiger partial charge in [0.15, 0.2) is 0 Å². The van der Waals surface area contributed by atoms with Crippen molar-refractivity contribution in [3.63, 3.8) is 0 Å². The molecule has 5 heteroatoms. The minimum atomic E-state index is 0.0765. The van der Waals surface area contributed by atoms with Crippen LogP contribution < -0.4 is 16.6 Å². The van der Waals surface area contributed by atoms with Gasteiger partial charge in [0.05, 0.1) is 12.1 Å². The number of fused-ring (bicyclic) bond motifs is 1. The second-order valence-electron chi connectivity index (χ2n) is 3.24. The molecule has 0 radical (unpaired) electrons. The summed E-state index contributed by atoms with van der Waals surface area (Å²) < 4.78 is 1.59. The maximum absolute atomic E-state index is 11.6. The number of hydrogen-bond donors (Lipinski definition) is 3. The molecule has 0 spiro atoms. The zero-order valence-electron chi connectivity index (χ0n) is 7.47. The number of nitrogens with one attached hydrogen (secondary N) is 2. The van der Waals surface area contributed by atoms with Crippen LogP contribution in [0.2, 0.25) is 0 Å². The molecule has 0 amide bonds. The predicted molar refractivity (Wildman–Crippen MR) is 49.5 cm³/mol. The van der Waals surface area contributed by atoms with Crippen LogP contribution in [0.25, 0.3) is 0 Å². The zero-order valence-corrected chi connectivity index (χ0v) is 7.47. The maximum Gasteiger partial charge on any atom is 0.271 e. The molecule has 2 rings (SSSR count). The van der Waals surface area contributed by atoms with E-state index in [0.717, 1.165) is 24.2 Å². The van der Waals surface area contributed by atoms with Gasteiger partial charge in [-0.3, -0.25) is 14.6 Å². The summed E-state index contributed by atoms with van der Waals surface area (Å²) in [6.07, 6.45) is 0.905. The summed E-state index contributed by atoms with van der Waals surface area (Å²) in [7, 11) is 0. The number of rotatable bonds is 2. The van der Waals surface area contributed by atoms with Gasteiger partial charge in [-0.05, 0) is 0 Å². The van der Waals surface area contributed by atoms with E-state index in [2.05, 4.69) is 10.4 Å². The number of H-pyrrole nitrogens is 1. The second kappa shape index (κ2) is 3.35. The van der Waals surface area contributed by atoms with Gasteiger partial charge in [0.1, 0.15) is 0 Å². The molecule has 2 heterocycles. The lowest BCUT2D eigenvalue weighted by atomic mass is 10.1. The molecule has 1 aromatic rings. The summed E-state index contributed by atoms with van der Waals surface area (Å²) in [6, 6.07) is 0. The molecule has 13 heavy (non-hydrogen) atoms. The van der Waals surface area contributed by atoms with Crippen LogP contribution in [0, 0.1) is 0 Å². The molecule has 0 saturated heterocycles. The number of hydrogen-bond acceptors (Lipinski definition) is 3. The van der Waals surface area contributed by atoms with E-state index in [1.165, 1.54) is 0 Å². The molecule has 0 aromatic carbocycles. The van der Waals surface area contributed by atoms with Gasteiger partial charge in [-0.1, -0.05) is 0 Å². The summed E-state index contributed by atoms with van der Waals surface area (Å²) in [5, 5.41) is 6.26. The number of aromatic nitrogens is 2. The monoisotopic (exact) mass is 182 g/mol. The Morgan fingerprint density at radius 2 is 2.38 bits per heavy atom. The number of aromatic amines is 1. The topological polar surface area (TPSA) is 75.8 Å². The molecule has 1 aliphatic heterocycles. The van der Waals surface area contributed by atoms with Gasteiger partial charge in [-0.2, -0.15) is 0 Å². The first-order chi connectivity index (χ1) is 6.33. The highest BCUT2D eigenvalue weighted by molar-refractivity contribution is 5.19. The lowest BCUT2D eigenvalue weighted by Crippen LogP contribution is -2.28. The van der Waals surface area contributed by atoms with Crippen molar-refractivity contribution in [3.8, 4) is 0 Å². The van der Waals surface area contributed by atoms with Crippen molar-refractivity contribution >= 4 is 0 Å². The molecule has 0 aliphatic carbocycles. The summed E-state index contributed by atoms with van der Waals surface area (Å²) in [5.74, 6) is 0. The Labute approximate surface area is 75.9 Å². The van der Waals surface area contributed by atoms with E-state index < -0.39 is 0 Å². The van der Waals surface area contributed by atoms with E-state index in [1.807, 2.05) is 0 Å². The first-order valence-electron chi connectivity index (χ1n) is 4.54. The highest BCUT2D eigenvalue weighted by Crippen LogP contribution is 2.05. The fraction of sp³-hybridized carbons (Fsp3) is 0.625. The van der Waals surface area contributed by atoms with Gasteiger partial charge >= 0.3 is 0 Å². The average molecular weight is 182 g/mol. The van der Waals surface area contributed by atoms with Gasteiger partial charge in [-0.15, -0.1) is 0 Å². The molecule has 0 fully saturated rings. The molecular formula is C8H14N4O. The molecule has 0 unspecified atom stereocenters. The Morgan fingerprint density at radius 1 is 1.54 bits per heavy atom. The van der Waals surface area contributed by atoms with Crippen molar-refractivity contribution in [3.05, 3.63) is 21.6 Å². The largest absolute Gasteiger partial charge is 0.329 e. The van der Waals surface area contributed by atoms with Crippen LogP contribution in [0.4, 0.5) is 0 Å². The fourth-order valence-electron chi connectivity index (χ4n) is 1.68. The number of nitrogens with zero attached hydrogens (tertiary/aromatic N) is 1. The molecule has 5 nitrogen and oxygen atoms in total. The third-order valence-electron chi connectivity index (χ3n) is 2.34. The second-order valence-corrected chi connectivity index (χ2v) is 3.24. The summed E-state index contributed by atoms with van der Waals surface area (Å²) >= 11 is 0. The minimum absolute atomic E-state index is 0.0765. The SMILES string of the molecule is NCCn1[nH]c2c(c1=O)CNCC2. The fourth-order valence-corrected chi connectivity index (χ4v) is 1.68. The van der Waals surface area contributed by atoms with E-state index in [0.29, 0.717) is 19.6 Å². The smallest absolute Gasteiger partial charge is 0.271 e. The van der Waals surface area contributed by atoms with E-state index in [-0.39, 0.29) is 5.56 Å². The highest BCUT2D eigenvalue weighted by Gasteiger charge is 2.16. The first-order valence-corrected chi connectivity index (χ1v) is 4.54. The van der Waals surface area contributed by atoms with Crippen molar-refractivity contribution < 1.29 is 0 Å². The van der Waals surface area contributed by atoms with E-state index in [4.69, 9.17) is 5.73 Å². The molecule has 72 valence electrons. The normalized spacial score (nSPS) is 15.8. The Morgan fingerprint density at radius 3 is 3.08 bits per heavy atom. The molecule has 1 aromatic heterocycles. The van der Waals surface area contributed by atoms with Gasteiger partial charge in [0.25, 0.3) is 5.56 Å². The van der Waals surface area contributed by atoms with E-state index >= 15 is 0 Å². The van der Waals surface area contributed by atoms with Gasteiger partial charge in [0, 0.05) is 31.7 Å². The number of nitrogens with two attached hydrogens (primary N) is 1. The molecular weight excluding hydrogens is 168 g/mol. The van der Waals surface area contributed by atoms with E-state index in [1.54, 1.807) is 4.68 Å². The Bertz CT molecular complexity index is 352. The minimum Gasteiger partial charge on any atom is -0.329 e. The zero-order chi connectivity index (χ0) is 9.26. The van der Waals surface area contributed by atoms with Crippen molar-refractivity contribution in [2.75, 3.05) is 13.1 Å². The standard InChI is InChI=1S/C8H14N4O/c9-2-4-12-8(13)6-5-10-3-1-7(6)11-12/h10-11H,1-5,9H2. The van der Waals surface area contributed by atoms with Crippen molar-refractivity contribution in [1.29, 1.82) is 0 Å². The summed E-state index contributed by atoms with van der Waals surface area (Å²) in [5.41, 5.74) is 7.41. The summed E-state index contributed by atoms with van der Waals surface area (Å²) in [4.78, 5) is 11.6. The molecule has 1 aliphatic rings. The van der Waals surface area contributed by atoms with Crippen molar-refractivity contribution in [2.45, 2.75) is 19.5 Å². The van der Waals surface area contributed by atoms with Gasteiger partial charge < -0.3 is 11.1 Å². The van der Waals surface area contributed by atoms with Crippen LogP contribution in [0.15, 0.2) is 4.79 Å².